The average Bonchev–Trinajstić information content (AvgIpc) is 2.51. The molecule has 0 saturated heterocycles. The van der Waals surface area contributed by atoms with Crippen molar-refractivity contribution in [3.63, 3.8) is 0 Å². The van der Waals surface area contributed by atoms with Crippen LogP contribution in [0.4, 0.5) is 5.69 Å². The number of nitrogen functional groups attached to an aromatic ring is 1. The van der Waals surface area contributed by atoms with E-state index in [1.54, 1.807) is 0 Å². The molecule has 0 spiro atoms. The second-order valence-electron chi connectivity index (χ2n) is 7.41. The van der Waals surface area contributed by atoms with Gasteiger partial charge in [0.15, 0.2) is 0 Å². The second kappa shape index (κ2) is 10.6. The van der Waals surface area contributed by atoms with Gasteiger partial charge in [-0.3, -0.25) is 0 Å². The van der Waals surface area contributed by atoms with Crippen LogP contribution in [-0.2, 0) is 0 Å². The molecule has 1 unspecified atom stereocenters. The molecule has 1 aromatic rings. The van der Waals surface area contributed by atoms with E-state index in [-0.39, 0.29) is 5.60 Å². The van der Waals surface area contributed by atoms with E-state index in [0.29, 0.717) is 5.92 Å². The number of hydrogen-bond donors (Lipinski definition) is 1. The van der Waals surface area contributed by atoms with Crippen molar-refractivity contribution in [2.24, 2.45) is 5.92 Å². The first-order chi connectivity index (χ1) is 11.0. The number of nitrogens with two attached hydrogens (primary N) is 1. The lowest BCUT2D eigenvalue weighted by Gasteiger charge is -2.33. The van der Waals surface area contributed by atoms with Crippen molar-refractivity contribution in [1.82, 2.24) is 0 Å². The highest BCUT2D eigenvalue weighted by Gasteiger charge is 2.28. The molecular formula is C21H37NO. The number of anilines is 1. The maximum Gasteiger partial charge on any atom is 0.143 e. The van der Waals surface area contributed by atoms with Crippen LogP contribution in [0.15, 0.2) is 24.3 Å². The lowest BCUT2D eigenvalue weighted by atomic mass is 9.87. The molecule has 1 atom stereocenters. The first-order valence-electron chi connectivity index (χ1n) is 9.51. The zero-order chi connectivity index (χ0) is 17.1. The molecule has 0 radical (unpaired) electrons. The molecule has 2 N–H and O–H groups in total. The standard InChI is InChI=1S/C21H37NO/c1-5-6-7-8-9-10-11-12-15-18(2)21(3,4)23-20-17-14-13-16-19(20)22/h13-14,16-18H,5-12,15,22H2,1-4H3. The largest absolute Gasteiger partial charge is 0.485 e. The minimum absolute atomic E-state index is 0.184. The van der Waals surface area contributed by atoms with E-state index in [9.17, 15) is 0 Å². The summed E-state index contributed by atoms with van der Waals surface area (Å²) in [6.45, 7) is 8.92. The van der Waals surface area contributed by atoms with Crippen LogP contribution in [0.3, 0.4) is 0 Å². The third kappa shape index (κ3) is 7.76. The molecule has 0 heterocycles. The average molecular weight is 320 g/mol. The summed E-state index contributed by atoms with van der Waals surface area (Å²) in [6, 6.07) is 7.78. The van der Waals surface area contributed by atoms with E-state index >= 15 is 0 Å². The van der Waals surface area contributed by atoms with Gasteiger partial charge in [-0.05, 0) is 38.3 Å². The highest BCUT2D eigenvalue weighted by atomic mass is 16.5. The van der Waals surface area contributed by atoms with Crippen LogP contribution in [0.2, 0.25) is 0 Å². The van der Waals surface area contributed by atoms with Crippen LogP contribution in [0.1, 0.15) is 85.5 Å². The summed E-state index contributed by atoms with van der Waals surface area (Å²) in [4.78, 5) is 0. The Labute approximate surface area is 143 Å². The van der Waals surface area contributed by atoms with Crippen molar-refractivity contribution in [2.45, 2.75) is 91.1 Å². The van der Waals surface area contributed by atoms with Crippen LogP contribution < -0.4 is 10.5 Å². The first kappa shape index (κ1) is 19.9. The van der Waals surface area contributed by atoms with Gasteiger partial charge in [0.1, 0.15) is 11.4 Å². The van der Waals surface area contributed by atoms with Crippen LogP contribution >= 0.6 is 0 Å². The van der Waals surface area contributed by atoms with Crippen molar-refractivity contribution in [1.29, 1.82) is 0 Å². The van der Waals surface area contributed by atoms with E-state index in [1.807, 2.05) is 24.3 Å². The van der Waals surface area contributed by atoms with Gasteiger partial charge in [-0.2, -0.15) is 0 Å². The molecule has 23 heavy (non-hydrogen) atoms. The van der Waals surface area contributed by atoms with Gasteiger partial charge in [-0.1, -0.05) is 77.3 Å². The fourth-order valence-corrected chi connectivity index (χ4v) is 2.89. The zero-order valence-corrected chi connectivity index (χ0v) is 15.7. The lowest BCUT2D eigenvalue weighted by Crippen LogP contribution is -2.36. The number of benzene rings is 1. The van der Waals surface area contributed by atoms with Crippen molar-refractivity contribution in [3.8, 4) is 5.75 Å². The Kier molecular flexibility index (Phi) is 9.13. The predicted octanol–water partition coefficient (Wildman–Crippen LogP) is 6.59. The SMILES string of the molecule is CCCCCCCCCCC(C)C(C)(C)Oc1ccccc1N. The summed E-state index contributed by atoms with van der Waals surface area (Å²) in [5.74, 6) is 1.32. The van der Waals surface area contributed by atoms with Crippen molar-refractivity contribution in [3.05, 3.63) is 24.3 Å². The number of hydrogen-bond acceptors (Lipinski definition) is 2. The number of unbranched alkanes of at least 4 members (excludes halogenated alkanes) is 7. The van der Waals surface area contributed by atoms with Gasteiger partial charge in [0.05, 0.1) is 5.69 Å². The van der Waals surface area contributed by atoms with Crippen LogP contribution in [0.5, 0.6) is 5.75 Å². The Morgan fingerprint density at radius 3 is 2.13 bits per heavy atom. The van der Waals surface area contributed by atoms with Gasteiger partial charge in [0.2, 0.25) is 0 Å². The molecule has 2 nitrogen and oxygen atoms in total. The van der Waals surface area contributed by atoms with Gasteiger partial charge < -0.3 is 10.5 Å². The maximum absolute atomic E-state index is 6.19. The minimum atomic E-state index is -0.184. The van der Waals surface area contributed by atoms with Gasteiger partial charge in [0, 0.05) is 0 Å². The quantitative estimate of drug-likeness (QED) is 0.348. The van der Waals surface area contributed by atoms with Gasteiger partial charge in [-0.15, -0.1) is 0 Å². The normalized spacial score (nSPS) is 13.0. The van der Waals surface area contributed by atoms with E-state index in [0.717, 1.165) is 11.4 Å². The monoisotopic (exact) mass is 319 g/mol. The molecule has 0 aliphatic carbocycles. The smallest absolute Gasteiger partial charge is 0.143 e. The predicted molar refractivity (Wildman–Crippen MR) is 102 cm³/mol. The first-order valence-corrected chi connectivity index (χ1v) is 9.51. The number of para-hydroxylation sites is 2. The molecule has 0 saturated carbocycles. The fraction of sp³-hybridized carbons (Fsp3) is 0.714. The molecule has 1 rings (SSSR count). The molecular weight excluding hydrogens is 282 g/mol. The van der Waals surface area contributed by atoms with Gasteiger partial charge >= 0.3 is 0 Å². The van der Waals surface area contributed by atoms with E-state index < -0.39 is 0 Å². The third-order valence-electron chi connectivity index (χ3n) is 4.97. The molecule has 132 valence electrons. The van der Waals surface area contributed by atoms with E-state index in [1.165, 1.54) is 57.8 Å². The Hall–Kier alpha value is -1.18. The van der Waals surface area contributed by atoms with Crippen LogP contribution in [0.25, 0.3) is 0 Å². The van der Waals surface area contributed by atoms with Crippen LogP contribution in [-0.4, -0.2) is 5.60 Å². The highest BCUT2D eigenvalue weighted by molar-refractivity contribution is 5.52. The van der Waals surface area contributed by atoms with Gasteiger partial charge in [-0.25, -0.2) is 0 Å². The summed E-state index contributed by atoms with van der Waals surface area (Å²) in [7, 11) is 0. The number of rotatable bonds is 12. The molecule has 0 amide bonds. The molecule has 0 fully saturated rings. The fourth-order valence-electron chi connectivity index (χ4n) is 2.89. The molecule has 0 aliphatic heterocycles. The molecule has 2 heteroatoms. The van der Waals surface area contributed by atoms with E-state index in [2.05, 4.69) is 27.7 Å². The van der Waals surface area contributed by atoms with Crippen molar-refractivity contribution < 1.29 is 4.74 Å². The zero-order valence-electron chi connectivity index (χ0n) is 15.7. The summed E-state index contributed by atoms with van der Waals surface area (Å²) in [5, 5.41) is 0. The highest BCUT2D eigenvalue weighted by Crippen LogP contribution is 2.31. The Morgan fingerprint density at radius 1 is 0.957 bits per heavy atom. The summed E-state index contributed by atoms with van der Waals surface area (Å²) >= 11 is 0. The van der Waals surface area contributed by atoms with Crippen molar-refractivity contribution >= 4 is 5.69 Å². The number of ether oxygens (including phenoxy) is 1. The lowest BCUT2D eigenvalue weighted by molar-refractivity contribution is 0.0473. The molecule has 0 aliphatic rings. The van der Waals surface area contributed by atoms with Gasteiger partial charge in [0.25, 0.3) is 0 Å². The summed E-state index contributed by atoms with van der Waals surface area (Å²) in [5.41, 5.74) is 6.53. The minimum Gasteiger partial charge on any atom is -0.485 e. The second-order valence-corrected chi connectivity index (χ2v) is 7.41. The summed E-state index contributed by atoms with van der Waals surface area (Å²) in [6.07, 6.45) is 12.2. The maximum atomic E-state index is 6.19. The Bertz CT molecular complexity index is 428. The Morgan fingerprint density at radius 2 is 1.52 bits per heavy atom. The van der Waals surface area contributed by atoms with Crippen molar-refractivity contribution in [2.75, 3.05) is 5.73 Å². The molecule has 0 aromatic heterocycles. The third-order valence-corrected chi connectivity index (χ3v) is 4.97. The molecule has 0 bridgehead atoms. The Balaban J connectivity index is 2.24. The summed E-state index contributed by atoms with van der Waals surface area (Å²) < 4.78 is 6.19. The topological polar surface area (TPSA) is 35.2 Å². The van der Waals surface area contributed by atoms with E-state index in [4.69, 9.17) is 10.5 Å². The van der Waals surface area contributed by atoms with Crippen LogP contribution in [0, 0.1) is 5.92 Å². The molecule has 1 aromatic carbocycles.